The van der Waals surface area contributed by atoms with Crippen LogP contribution < -0.4 is 19.7 Å². The van der Waals surface area contributed by atoms with Crippen molar-refractivity contribution in [3.8, 4) is 11.5 Å². The number of rotatable bonds is 9. The molecule has 0 spiro atoms. The van der Waals surface area contributed by atoms with Gasteiger partial charge in [-0.05, 0) is 55.5 Å². The number of carbonyl (C=O) groups is 1. The monoisotopic (exact) mass is 391 g/mol. The Bertz CT molecular complexity index is 897. The van der Waals surface area contributed by atoms with Crippen molar-refractivity contribution >= 4 is 17.4 Å². The van der Waals surface area contributed by atoms with Gasteiger partial charge in [0.15, 0.2) is 0 Å². The molecule has 0 bridgehead atoms. The van der Waals surface area contributed by atoms with E-state index in [2.05, 4.69) is 22.1 Å². The lowest BCUT2D eigenvalue weighted by atomic mass is 10.2. The molecule has 1 heterocycles. The van der Waals surface area contributed by atoms with Gasteiger partial charge in [0.25, 0.3) is 5.91 Å². The topological polar surface area (TPSA) is 63.7 Å². The molecule has 0 aliphatic heterocycles. The molecule has 6 nitrogen and oxygen atoms in total. The van der Waals surface area contributed by atoms with Gasteiger partial charge < -0.3 is 19.7 Å². The smallest absolute Gasteiger partial charge is 0.252 e. The van der Waals surface area contributed by atoms with Crippen molar-refractivity contribution in [1.82, 2.24) is 10.3 Å². The minimum atomic E-state index is -0.176. The lowest BCUT2D eigenvalue weighted by molar-refractivity contribution is 0.0946. The van der Waals surface area contributed by atoms with Crippen molar-refractivity contribution in [2.75, 3.05) is 31.7 Å². The minimum absolute atomic E-state index is 0.176. The van der Waals surface area contributed by atoms with Gasteiger partial charge >= 0.3 is 0 Å². The van der Waals surface area contributed by atoms with Gasteiger partial charge in [0.1, 0.15) is 23.9 Å². The maximum absolute atomic E-state index is 12.3. The van der Waals surface area contributed by atoms with Crippen LogP contribution in [-0.4, -0.2) is 37.7 Å². The molecule has 0 radical (unpaired) electrons. The van der Waals surface area contributed by atoms with Gasteiger partial charge in [0, 0.05) is 18.4 Å². The van der Waals surface area contributed by atoms with Crippen LogP contribution in [0.3, 0.4) is 0 Å². The Morgan fingerprint density at radius 2 is 1.72 bits per heavy atom. The lowest BCUT2D eigenvalue weighted by Gasteiger charge is -2.22. The molecular weight excluding hydrogens is 366 g/mol. The van der Waals surface area contributed by atoms with Crippen LogP contribution in [0.5, 0.6) is 11.5 Å². The molecule has 150 valence electrons. The first-order valence-electron chi connectivity index (χ1n) is 9.55. The first-order valence-corrected chi connectivity index (χ1v) is 9.55. The van der Waals surface area contributed by atoms with Gasteiger partial charge in [0.2, 0.25) is 0 Å². The zero-order chi connectivity index (χ0) is 20.5. The zero-order valence-corrected chi connectivity index (χ0v) is 16.7. The highest BCUT2D eigenvalue weighted by Gasteiger charge is 2.10. The molecule has 0 aliphatic carbocycles. The molecular formula is C23H25N3O3. The molecule has 0 aliphatic rings. The Hall–Kier alpha value is -3.54. The second-order valence-electron chi connectivity index (χ2n) is 6.26. The van der Waals surface area contributed by atoms with Gasteiger partial charge in [0.05, 0.1) is 19.2 Å². The van der Waals surface area contributed by atoms with Crippen LogP contribution in [0.2, 0.25) is 0 Å². The number of nitrogens with one attached hydrogen (secondary N) is 1. The van der Waals surface area contributed by atoms with E-state index in [0.717, 1.165) is 29.5 Å². The van der Waals surface area contributed by atoms with Crippen LogP contribution >= 0.6 is 0 Å². The van der Waals surface area contributed by atoms with Crippen molar-refractivity contribution in [2.45, 2.75) is 6.92 Å². The van der Waals surface area contributed by atoms with Crippen molar-refractivity contribution in [3.05, 3.63) is 78.5 Å². The first kappa shape index (κ1) is 20.2. The fourth-order valence-corrected chi connectivity index (χ4v) is 2.87. The molecule has 6 heteroatoms. The molecule has 1 N–H and O–H groups in total. The first-order chi connectivity index (χ1) is 14.2. The molecule has 0 saturated heterocycles. The van der Waals surface area contributed by atoms with E-state index in [1.54, 1.807) is 19.4 Å². The third-order valence-electron chi connectivity index (χ3n) is 4.39. The fourth-order valence-electron chi connectivity index (χ4n) is 2.87. The number of nitrogens with zero attached hydrogens (tertiary/aromatic N) is 2. The summed E-state index contributed by atoms with van der Waals surface area (Å²) in [4.78, 5) is 18.9. The fraction of sp³-hybridized carbons (Fsp3) is 0.217. The summed E-state index contributed by atoms with van der Waals surface area (Å²) in [7, 11) is 1.62. The second kappa shape index (κ2) is 10.1. The number of hydrogen-bond acceptors (Lipinski definition) is 5. The number of amides is 1. The quantitative estimate of drug-likeness (QED) is 0.558. The van der Waals surface area contributed by atoms with E-state index in [0.29, 0.717) is 18.7 Å². The van der Waals surface area contributed by atoms with Crippen LogP contribution in [0.4, 0.5) is 11.5 Å². The summed E-state index contributed by atoms with van der Waals surface area (Å²) in [6, 6.07) is 21.0. The summed E-state index contributed by atoms with van der Waals surface area (Å²) in [6.45, 7) is 3.63. The highest BCUT2D eigenvalue weighted by molar-refractivity contribution is 5.94. The molecule has 2 aromatic carbocycles. The number of hydrogen-bond donors (Lipinski definition) is 1. The van der Waals surface area contributed by atoms with E-state index in [-0.39, 0.29) is 5.91 Å². The molecule has 0 saturated carbocycles. The average Bonchev–Trinajstić information content (AvgIpc) is 2.79. The Kier molecular flexibility index (Phi) is 7.05. The Balaban J connectivity index is 1.50. The number of anilines is 2. The molecule has 29 heavy (non-hydrogen) atoms. The highest BCUT2D eigenvalue weighted by atomic mass is 16.5. The van der Waals surface area contributed by atoms with Gasteiger partial charge in [-0.2, -0.15) is 0 Å². The van der Waals surface area contributed by atoms with Crippen molar-refractivity contribution in [3.63, 3.8) is 0 Å². The van der Waals surface area contributed by atoms with Gasteiger partial charge in [-0.1, -0.05) is 18.2 Å². The maximum Gasteiger partial charge on any atom is 0.252 e. The number of pyridine rings is 1. The molecule has 0 fully saturated rings. The van der Waals surface area contributed by atoms with Crippen molar-refractivity contribution < 1.29 is 14.3 Å². The van der Waals surface area contributed by atoms with Gasteiger partial charge in [-0.3, -0.25) is 4.79 Å². The number of ether oxygens (including phenoxy) is 2. The summed E-state index contributed by atoms with van der Waals surface area (Å²) >= 11 is 0. The Labute approximate surface area is 171 Å². The molecule has 1 amide bonds. The molecule has 1 aromatic heterocycles. The Morgan fingerprint density at radius 1 is 1.00 bits per heavy atom. The Morgan fingerprint density at radius 3 is 2.34 bits per heavy atom. The van der Waals surface area contributed by atoms with Crippen LogP contribution in [0.1, 0.15) is 17.3 Å². The number of carbonyl (C=O) groups excluding carboxylic acids is 1. The van der Waals surface area contributed by atoms with E-state index in [1.165, 1.54) is 0 Å². The third-order valence-corrected chi connectivity index (χ3v) is 4.39. The number of benzene rings is 2. The predicted molar refractivity (Wildman–Crippen MR) is 114 cm³/mol. The largest absolute Gasteiger partial charge is 0.497 e. The highest BCUT2D eigenvalue weighted by Crippen LogP contribution is 2.22. The summed E-state index contributed by atoms with van der Waals surface area (Å²) in [5.41, 5.74) is 1.58. The molecule has 3 aromatic rings. The van der Waals surface area contributed by atoms with Crippen LogP contribution in [0.25, 0.3) is 0 Å². The number of para-hydroxylation sites is 1. The second-order valence-corrected chi connectivity index (χ2v) is 6.26. The van der Waals surface area contributed by atoms with Crippen LogP contribution in [0, 0.1) is 0 Å². The minimum Gasteiger partial charge on any atom is -0.497 e. The molecule has 0 unspecified atom stereocenters. The van der Waals surface area contributed by atoms with Crippen LogP contribution in [-0.2, 0) is 0 Å². The van der Waals surface area contributed by atoms with E-state index in [9.17, 15) is 4.79 Å². The van der Waals surface area contributed by atoms with E-state index < -0.39 is 0 Å². The summed E-state index contributed by atoms with van der Waals surface area (Å²) in [5.74, 6) is 2.13. The normalized spacial score (nSPS) is 10.3. The van der Waals surface area contributed by atoms with Gasteiger partial charge in [-0.25, -0.2) is 4.98 Å². The predicted octanol–water partition coefficient (Wildman–Crippen LogP) is 4.06. The number of aromatic nitrogens is 1. The summed E-state index contributed by atoms with van der Waals surface area (Å²) < 4.78 is 10.7. The third kappa shape index (κ3) is 5.48. The zero-order valence-electron chi connectivity index (χ0n) is 16.7. The standard InChI is InChI=1S/C23H25N3O3/c1-3-26(19-7-5-4-6-8-19)22-14-9-18(17-25-22)23(27)24-15-16-29-21-12-10-20(28-2)11-13-21/h4-14,17H,3,15-16H2,1-2H3,(H,24,27). The van der Waals surface area contributed by atoms with E-state index in [1.807, 2.05) is 60.7 Å². The maximum atomic E-state index is 12.3. The van der Waals surface area contributed by atoms with E-state index in [4.69, 9.17) is 9.47 Å². The average molecular weight is 391 g/mol. The summed E-state index contributed by atoms with van der Waals surface area (Å²) in [6.07, 6.45) is 1.60. The SMILES string of the molecule is CCN(c1ccccc1)c1ccc(C(=O)NCCOc2ccc(OC)cc2)cn1. The van der Waals surface area contributed by atoms with Crippen LogP contribution in [0.15, 0.2) is 72.9 Å². The van der Waals surface area contributed by atoms with Crippen molar-refractivity contribution in [1.29, 1.82) is 0 Å². The van der Waals surface area contributed by atoms with Gasteiger partial charge in [-0.15, -0.1) is 0 Å². The lowest BCUT2D eigenvalue weighted by Crippen LogP contribution is -2.28. The molecule has 0 atom stereocenters. The number of methoxy groups -OCH3 is 1. The van der Waals surface area contributed by atoms with E-state index >= 15 is 0 Å². The van der Waals surface area contributed by atoms with Crippen molar-refractivity contribution in [2.24, 2.45) is 0 Å². The summed E-state index contributed by atoms with van der Waals surface area (Å²) in [5, 5.41) is 2.84. The molecule has 3 rings (SSSR count).